The van der Waals surface area contributed by atoms with Gasteiger partial charge in [-0.1, -0.05) is 45.0 Å². The van der Waals surface area contributed by atoms with Crippen LogP contribution in [0, 0.1) is 11.3 Å². The van der Waals surface area contributed by atoms with Crippen LogP contribution in [0.3, 0.4) is 0 Å². The van der Waals surface area contributed by atoms with Gasteiger partial charge >= 0.3 is 0 Å². The van der Waals surface area contributed by atoms with E-state index in [0.717, 1.165) is 12.8 Å². The molecule has 0 heterocycles. The highest BCUT2D eigenvalue weighted by atomic mass is 35.5. The van der Waals surface area contributed by atoms with Gasteiger partial charge in [-0.3, -0.25) is 9.59 Å². The van der Waals surface area contributed by atoms with Gasteiger partial charge in [0.15, 0.2) is 0 Å². The van der Waals surface area contributed by atoms with E-state index in [9.17, 15) is 9.59 Å². The van der Waals surface area contributed by atoms with Crippen LogP contribution in [0.1, 0.15) is 71.9 Å². The summed E-state index contributed by atoms with van der Waals surface area (Å²) in [4.78, 5) is 22.9. The summed E-state index contributed by atoms with van der Waals surface area (Å²) in [6.07, 6.45) is 3.18. The first-order valence-corrected chi connectivity index (χ1v) is 9.99. The zero-order chi connectivity index (χ0) is 19.8. The van der Waals surface area contributed by atoms with E-state index >= 15 is 0 Å². The molecule has 1 unspecified atom stereocenters. The lowest BCUT2D eigenvalue weighted by molar-refractivity contribution is 0.107. The second-order valence-electron chi connectivity index (χ2n) is 8.64. The van der Waals surface area contributed by atoms with Crippen molar-refractivity contribution in [3.63, 3.8) is 0 Å². The molecular formula is C23H24Cl2O2. The minimum atomic E-state index is -0.446. The van der Waals surface area contributed by atoms with Gasteiger partial charge in [0.05, 0.1) is 0 Å². The predicted octanol–water partition coefficient (Wildman–Crippen LogP) is 6.58. The maximum Gasteiger partial charge on any atom is 0.252 e. The molecule has 0 aliphatic heterocycles. The minimum Gasteiger partial charge on any atom is -0.276 e. The molecule has 142 valence electrons. The molecule has 2 aromatic carbocycles. The highest BCUT2D eigenvalue weighted by Gasteiger charge is 2.45. The fourth-order valence-electron chi connectivity index (χ4n) is 5.02. The molecule has 2 aromatic rings. The van der Waals surface area contributed by atoms with Crippen LogP contribution in [0.15, 0.2) is 48.5 Å². The minimum absolute atomic E-state index is 0.178. The molecule has 4 heteroatoms. The third kappa shape index (κ3) is 4.12. The SMILES string of the molecule is CC1CC(C)(C)CC(c2ccc(C(=O)Cl)cc2)(c2ccc(C(=O)Cl)cc2)C1. The van der Waals surface area contributed by atoms with Crippen LogP contribution in [-0.2, 0) is 5.41 Å². The van der Waals surface area contributed by atoms with Gasteiger partial charge in [-0.05, 0) is 89.2 Å². The number of hydrogen-bond donors (Lipinski definition) is 0. The number of rotatable bonds is 4. The van der Waals surface area contributed by atoms with Gasteiger partial charge in [-0.2, -0.15) is 0 Å². The highest BCUT2D eigenvalue weighted by Crippen LogP contribution is 2.53. The Balaban J connectivity index is 2.14. The quantitative estimate of drug-likeness (QED) is 0.541. The molecule has 0 saturated heterocycles. The topological polar surface area (TPSA) is 34.1 Å². The van der Waals surface area contributed by atoms with Crippen molar-refractivity contribution in [1.82, 2.24) is 0 Å². The summed E-state index contributed by atoms with van der Waals surface area (Å²) >= 11 is 11.3. The van der Waals surface area contributed by atoms with E-state index in [0.29, 0.717) is 17.0 Å². The number of halogens is 2. The van der Waals surface area contributed by atoms with Gasteiger partial charge in [0.2, 0.25) is 0 Å². The Labute approximate surface area is 170 Å². The van der Waals surface area contributed by atoms with Crippen LogP contribution in [0.2, 0.25) is 0 Å². The van der Waals surface area contributed by atoms with Crippen LogP contribution in [0.25, 0.3) is 0 Å². The average molecular weight is 403 g/mol. The lowest BCUT2D eigenvalue weighted by Crippen LogP contribution is -2.41. The van der Waals surface area contributed by atoms with E-state index in [4.69, 9.17) is 23.2 Å². The fourth-order valence-corrected chi connectivity index (χ4v) is 5.27. The Morgan fingerprint density at radius 3 is 1.56 bits per heavy atom. The lowest BCUT2D eigenvalue weighted by Gasteiger charge is -2.48. The molecule has 1 atom stereocenters. The number of hydrogen-bond acceptors (Lipinski definition) is 2. The third-order valence-corrected chi connectivity index (χ3v) is 6.14. The van der Waals surface area contributed by atoms with E-state index in [2.05, 4.69) is 20.8 Å². The van der Waals surface area contributed by atoms with Crippen LogP contribution in [-0.4, -0.2) is 10.5 Å². The van der Waals surface area contributed by atoms with Gasteiger partial charge in [0.25, 0.3) is 10.5 Å². The van der Waals surface area contributed by atoms with Crippen LogP contribution in [0.4, 0.5) is 0 Å². The van der Waals surface area contributed by atoms with E-state index in [1.165, 1.54) is 17.5 Å². The van der Waals surface area contributed by atoms with Crippen molar-refractivity contribution in [1.29, 1.82) is 0 Å². The summed E-state index contributed by atoms with van der Waals surface area (Å²) in [5.74, 6) is 0.553. The van der Waals surface area contributed by atoms with Gasteiger partial charge in [0, 0.05) is 16.5 Å². The molecule has 0 spiro atoms. The Morgan fingerprint density at radius 1 is 0.815 bits per heavy atom. The molecule has 27 heavy (non-hydrogen) atoms. The smallest absolute Gasteiger partial charge is 0.252 e. The van der Waals surface area contributed by atoms with Crippen molar-refractivity contribution >= 4 is 33.7 Å². The average Bonchev–Trinajstić information content (AvgIpc) is 2.60. The monoisotopic (exact) mass is 402 g/mol. The summed E-state index contributed by atoms with van der Waals surface area (Å²) < 4.78 is 0. The van der Waals surface area contributed by atoms with Crippen molar-refractivity contribution in [3.05, 3.63) is 70.8 Å². The molecule has 0 N–H and O–H groups in total. The normalized spacial score (nSPS) is 20.9. The van der Waals surface area contributed by atoms with E-state index in [-0.39, 0.29) is 10.8 Å². The number of benzene rings is 2. The fraction of sp³-hybridized carbons (Fsp3) is 0.391. The second-order valence-corrected chi connectivity index (χ2v) is 9.33. The van der Waals surface area contributed by atoms with Crippen molar-refractivity contribution < 1.29 is 9.59 Å². The van der Waals surface area contributed by atoms with E-state index < -0.39 is 10.5 Å². The Kier molecular flexibility index (Phi) is 5.52. The summed E-state index contributed by atoms with van der Waals surface area (Å²) in [6, 6.07) is 15.3. The maximum absolute atomic E-state index is 11.5. The lowest BCUT2D eigenvalue weighted by atomic mass is 9.55. The molecule has 2 nitrogen and oxygen atoms in total. The van der Waals surface area contributed by atoms with Crippen LogP contribution < -0.4 is 0 Å². The Bertz CT molecular complexity index is 793. The van der Waals surface area contributed by atoms with E-state index in [1.807, 2.05) is 24.3 Å². The standard InChI is InChI=1S/C23H24Cl2O2/c1-15-12-22(2,3)14-23(13-15,18-8-4-16(5-9-18)20(24)26)19-10-6-17(7-11-19)21(25)27/h4-11,15H,12-14H2,1-3H3. The summed E-state index contributed by atoms with van der Waals surface area (Å²) in [5.41, 5.74) is 3.36. The van der Waals surface area contributed by atoms with Gasteiger partial charge in [-0.25, -0.2) is 0 Å². The summed E-state index contributed by atoms with van der Waals surface area (Å²) in [5, 5.41) is -0.893. The van der Waals surface area contributed by atoms with Crippen molar-refractivity contribution in [2.45, 2.75) is 45.4 Å². The van der Waals surface area contributed by atoms with Gasteiger partial charge in [-0.15, -0.1) is 0 Å². The highest BCUT2D eigenvalue weighted by molar-refractivity contribution is 6.68. The van der Waals surface area contributed by atoms with Crippen molar-refractivity contribution in [3.8, 4) is 0 Å². The molecule has 1 aliphatic rings. The molecule has 0 amide bonds. The largest absolute Gasteiger partial charge is 0.276 e. The summed E-state index contributed by atoms with van der Waals surface area (Å²) in [6.45, 7) is 6.92. The van der Waals surface area contributed by atoms with Gasteiger partial charge < -0.3 is 0 Å². The molecule has 1 aliphatic carbocycles. The van der Waals surface area contributed by atoms with Crippen LogP contribution >= 0.6 is 23.2 Å². The zero-order valence-corrected chi connectivity index (χ0v) is 17.4. The molecule has 3 rings (SSSR count). The first-order chi connectivity index (χ1) is 12.6. The van der Waals surface area contributed by atoms with E-state index in [1.54, 1.807) is 24.3 Å². The van der Waals surface area contributed by atoms with Gasteiger partial charge in [0.1, 0.15) is 0 Å². The first-order valence-electron chi connectivity index (χ1n) is 9.24. The molecule has 1 fully saturated rings. The Morgan fingerprint density at radius 2 is 1.22 bits per heavy atom. The van der Waals surface area contributed by atoms with Crippen molar-refractivity contribution in [2.24, 2.45) is 11.3 Å². The zero-order valence-electron chi connectivity index (χ0n) is 15.9. The van der Waals surface area contributed by atoms with Crippen LogP contribution in [0.5, 0.6) is 0 Å². The maximum atomic E-state index is 11.5. The molecule has 0 aromatic heterocycles. The predicted molar refractivity (Wildman–Crippen MR) is 111 cm³/mol. The van der Waals surface area contributed by atoms with Crippen molar-refractivity contribution in [2.75, 3.05) is 0 Å². The molecule has 0 bridgehead atoms. The molecule has 1 saturated carbocycles. The molecular weight excluding hydrogens is 379 g/mol. The second kappa shape index (κ2) is 7.41. The number of carbonyl (C=O) groups excluding carboxylic acids is 2. The first kappa shape index (κ1) is 20.1. The summed E-state index contributed by atoms with van der Waals surface area (Å²) in [7, 11) is 0. The third-order valence-electron chi connectivity index (χ3n) is 5.71. The Hall–Kier alpha value is -1.64. The molecule has 0 radical (unpaired) electrons. The number of carbonyl (C=O) groups is 2.